The second-order valence-electron chi connectivity index (χ2n) is 24.5. The monoisotopic (exact) mass is 1090 g/mol. The molecule has 13 aromatic rings. The maximum absolute atomic E-state index is 8.44. The molecule has 0 unspecified atom stereocenters. The number of aromatic nitrogens is 1. The zero-order valence-corrected chi connectivity index (χ0v) is 49.0. The number of benzene rings is 10. The average Bonchev–Trinajstić information content (AvgIpc) is 4.39. The number of nitrogens with zero attached hydrogens (tertiary/aromatic N) is 4. The molecule has 0 N–H and O–H groups in total. The largest absolute Gasteiger partial charge is 0.456 e. The normalized spacial score (nSPS) is 12.3. The van der Waals surface area contributed by atoms with Crippen LogP contribution in [0.25, 0.3) is 59.5 Å². The van der Waals surface area contributed by atoms with Gasteiger partial charge < -0.3 is 23.7 Å². The molecular formula is C74H65ClN4OS. The Morgan fingerprint density at radius 1 is 0.370 bits per heavy atom. The summed E-state index contributed by atoms with van der Waals surface area (Å²) in [5.41, 5.74) is 16.9. The number of hydrogen-bond acceptors (Lipinski definition) is 5. The minimum atomic E-state index is -0.0679. The number of rotatable bonds is 10. The van der Waals surface area contributed by atoms with Crippen molar-refractivity contribution < 1.29 is 4.42 Å². The standard InChI is InChI=1S/C74H65ClN4OS/c1-72(2,3)48-34-37-61-58(40-48)59-41-49(73(4,5)6)35-38-62(59)79(61)63-43-56(46-68-70(63)57-32-22-23-33-67(57)80-68)77(53-28-18-12-19-29-53)64-44-55(76(51-24-14-10-15-25-51)52-26-16-11-17-27-52)45-65(71(64)75)78(54-30-20-13-21-31-54)66-47-81-69-39-36-50(42-60(66)69)74(7,8)9/h10-47H,1-9H3. The lowest BCUT2D eigenvalue weighted by atomic mass is 9.85. The van der Waals surface area contributed by atoms with E-state index >= 15 is 0 Å². The van der Waals surface area contributed by atoms with Gasteiger partial charge in [-0.15, -0.1) is 11.3 Å². The maximum atomic E-state index is 8.44. The van der Waals surface area contributed by atoms with Crippen molar-refractivity contribution in [2.75, 3.05) is 14.7 Å². The topological polar surface area (TPSA) is 27.8 Å². The number of anilines is 9. The van der Waals surface area contributed by atoms with Gasteiger partial charge >= 0.3 is 0 Å². The van der Waals surface area contributed by atoms with Gasteiger partial charge in [-0.3, -0.25) is 0 Å². The summed E-state index contributed by atoms with van der Waals surface area (Å²) in [7, 11) is 0. The zero-order chi connectivity index (χ0) is 56.0. The van der Waals surface area contributed by atoms with Crippen LogP contribution in [0.2, 0.25) is 5.02 Å². The fourth-order valence-corrected chi connectivity index (χ4v) is 12.8. The molecule has 0 bridgehead atoms. The van der Waals surface area contributed by atoms with Crippen LogP contribution in [0.1, 0.15) is 79.0 Å². The van der Waals surface area contributed by atoms with Crippen LogP contribution in [-0.4, -0.2) is 4.57 Å². The second kappa shape index (κ2) is 19.9. The predicted octanol–water partition coefficient (Wildman–Crippen LogP) is 22.9. The van der Waals surface area contributed by atoms with E-state index in [2.05, 4.69) is 311 Å². The summed E-state index contributed by atoms with van der Waals surface area (Å²) >= 11 is 10.2. The van der Waals surface area contributed by atoms with E-state index in [-0.39, 0.29) is 16.2 Å². The van der Waals surface area contributed by atoms with Gasteiger partial charge in [0.25, 0.3) is 0 Å². The second-order valence-corrected chi connectivity index (χ2v) is 25.8. The van der Waals surface area contributed by atoms with Crippen LogP contribution in [0.5, 0.6) is 0 Å². The lowest BCUT2D eigenvalue weighted by molar-refractivity contribution is 0.590. The van der Waals surface area contributed by atoms with E-state index in [0.717, 1.165) is 95.2 Å². The summed E-state index contributed by atoms with van der Waals surface area (Å²) in [5, 5.41) is 8.55. The summed E-state index contributed by atoms with van der Waals surface area (Å²) in [6, 6.07) is 81.1. The van der Waals surface area contributed by atoms with E-state index < -0.39 is 0 Å². The third kappa shape index (κ3) is 9.30. The Balaban J connectivity index is 1.15. The molecule has 0 amide bonds. The molecule has 3 heterocycles. The van der Waals surface area contributed by atoms with Gasteiger partial charge in [-0.05, 0) is 142 Å². The number of halogens is 1. The van der Waals surface area contributed by atoms with Crippen molar-refractivity contribution in [3.8, 4) is 5.69 Å². The van der Waals surface area contributed by atoms with E-state index in [1.54, 1.807) is 11.3 Å². The predicted molar refractivity (Wildman–Crippen MR) is 349 cm³/mol. The molecule has 400 valence electrons. The minimum Gasteiger partial charge on any atom is -0.456 e. The molecule has 3 aromatic heterocycles. The third-order valence-corrected chi connectivity index (χ3v) is 17.3. The van der Waals surface area contributed by atoms with Crippen molar-refractivity contribution >= 4 is 128 Å². The quantitative estimate of drug-likeness (QED) is 0.136. The molecule has 0 radical (unpaired) electrons. The third-order valence-electron chi connectivity index (χ3n) is 15.9. The summed E-state index contributed by atoms with van der Waals surface area (Å²) in [5.74, 6) is 0. The average molecular weight is 1090 g/mol. The van der Waals surface area contributed by atoms with E-state index in [9.17, 15) is 0 Å². The Kier molecular flexibility index (Phi) is 12.7. The van der Waals surface area contributed by atoms with Crippen molar-refractivity contribution in [3.63, 3.8) is 0 Å². The Morgan fingerprint density at radius 2 is 0.802 bits per heavy atom. The Hall–Kier alpha value is -8.55. The fraction of sp³-hybridized carbons (Fsp3) is 0.162. The molecule has 0 aliphatic heterocycles. The Bertz CT molecular complexity index is 4370. The van der Waals surface area contributed by atoms with Crippen LogP contribution in [0.15, 0.2) is 234 Å². The molecular weight excluding hydrogens is 1030 g/mol. The highest BCUT2D eigenvalue weighted by Gasteiger charge is 2.30. The first-order chi connectivity index (χ1) is 39.0. The molecule has 0 spiro atoms. The van der Waals surface area contributed by atoms with Gasteiger partial charge in [-0.2, -0.15) is 0 Å². The summed E-state index contributed by atoms with van der Waals surface area (Å²) in [6.45, 7) is 20.6. The maximum Gasteiger partial charge on any atom is 0.139 e. The van der Waals surface area contributed by atoms with Gasteiger partial charge in [0.15, 0.2) is 0 Å². The summed E-state index contributed by atoms with van der Waals surface area (Å²) in [6.07, 6.45) is 0. The molecule has 0 saturated carbocycles. The highest BCUT2D eigenvalue weighted by Crippen LogP contribution is 2.54. The lowest BCUT2D eigenvalue weighted by Gasteiger charge is -2.34. The highest BCUT2D eigenvalue weighted by molar-refractivity contribution is 7.17. The highest BCUT2D eigenvalue weighted by atomic mass is 35.5. The molecule has 0 aliphatic carbocycles. The van der Waals surface area contributed by atoms with E-state index in [1.807, 2.05) is 0 Å². The van der Waals surface area contributed by atoms with Crippen LogP contribution < -0.4 is 14.7 Å². The van der Waals surface area contributed by atoms with Crippen molar-refractivity contribution in [2.24, 2.45) is 0 Å². The van der Waals surface area contributed by atoms with Gasteiger partial charge in [-0.1, -0.05) is 183 Å². The van der Waals surface area contributed by atoms with Gasteiger partial charge in [0.1, 0.15) is 11.2 Å². The number of hydrogen-bond donors (Lipinski definition) is 0. The van der Waals surface area contributed by atoms with Crippen LogP contribution in [-0.2, 0) is 16.2 Å². The summed E-state index contributed by atoms with van der Waals surface area (Å²) in [4.78, 5) is 7.03. The number of furan rings is 1. The lowest BCUT2D eigenvalue weighted by Crippen LogP contribution is -2.17. The summed E-state index contributed by atoms with van der Waals surface area (Å²) < 4.78 is 10.7. The fourth-order valence-electron chi connectivity index (χ4n) is 11.6. The Morgan fingerprint density at radius 3 is 1.32 bits per heavy atom. The zero-order valence-electron chi connectivity index (χ0n) is 47.4. The molecule has 7 heteroatoms. The number of para-hydroxylation sites is 5. The SMILES string of the molecule is CC(C)(C)c1ccc2scc(N(c3ccccc3)c3cc(N(c4ccccc4)c4ccccc4)cc(N(c4ccccc4)c4cc(-n5c6ccc(C(C)(C)C)cc6c6cc(C(C)(C)C)ccc65)c5c(c4)oc4ccccc45)c3Cl)c2c1. The molecule has 10 aromatic carbocycles. The molecule has 0 fully saturated rings. The molecule has 0 aliphatic rings. The minimum absolute atomic E-state index is 0.0559. The first-order valence-corrected chi connectivity index (χ1v) is 29.3. The molecule has 0 atom stereocenters. The number of thiophene rings is 1. The van der Waals surface area contributed by atoms with Crippen molar-refractivity contribution in [1.82, 2.24) is 4.57 Å². The van der Waals surface area contributed by atoms with Gasteiger partial charge in [0.2, 0.25) is 0 Å². The van der Waals surface area contributed by atoms with Crippen molar-refractivity contribution in [3.05, 3.63) is 252 Å². The first-order valence-electron chi connectivity index (χ1n) is 28.0. The number of fused-ring (bicyclic) bond motifs is 7. The van der Waals surface area contributed by atoms with Gasteiger partial charge in [0.05, 0.1) is 55.6 Å². The molecule has 5 nitrogen and oxygen atoms in total. The molecule has 13 rings (SSSR count). The smallest absolute Gasteiger partial charge is 0.139 e. The van der Waals surface area contributed by atoms with Crippen LogP contribution in [0.3, 0.4) is 0 Å². The van der Waals surface area contributed by atoms with Gasteiger partial charge in [-0.25, -0.2) is 0 Å². The van der Waals surface area contributed by atoms with Crippen molar-refractivity contribution in [2.45, 2.75) is 78.6 Å². The Labute approximate surface area is 484 Å². The molecule has 0 saturated heterocycles. The van der Waals surface area contributed by atoms with E-state index in [4.69, 9.17) is 16.0 Å². The van der Waals surface area contributed by atoms with Crippen LogP contribution in [0, 0.1) is 0 Å². The molecule has 81 heavy (non-hydrogen) atoms. The van der Waals surface area contributed by atoms with E-state index in [0.29, 0.717) is 5.02 Å². The van der Waals surface area contributed by atoms with Crippen LogP contribution in [0.4, 0.5) is 51.2 Å². The van der Waals surface area contributed by atoms with Crippen molar-refractivity contribution in [1.29, 1.82) is 0 Å². The van der Waals surface area contributed by atoms with Crippen LogP contribution >= 0.6 is 22.9 Å². The van der Waals surface area contributed by atoms with Gasteiger partial charge in [0, 0.05) is 60.4 Å². The van der Waals surface area contributed by atoms with E-state index in [1.165, 1.54) is 32.2 Å². The first kappa shape index (κ1) is 51.9.